The molecule has 8 nitrogen and oxygen atoms in total. The van der Waals surface area contributed by atoms with Crippen LogP contribution in [0.2, 0.25) is 0 Å². The Bertz CT molecular complexity index is 1290. The SMILES string of the molecule is [Pt+2].c1ccc(-c2nnc3ccccn23)nc1.c1ccc(-c2nnc3ccccn23)nc1. The Labute approximate surface area is 191 Å². The van der Waals surface area contributed by atoms with Gasteiger partial charge in [-0.05, 0) is 48.5 Å². The molecule has 31 heavy (non-hydrogen) atoms. The van der Waals surface area contributed by atoms with Gasteiger partial charge in [0.05, 0.1) is 0 Å². The van der Waals surface area contributed by atoms with Crippen LogP contribution >= 0.6 is 0 Å². The van der Waals surface area contributed by atoms with Gasteiger partial charge in [-0.25, -0.2) is 0 Å². The van der Waals surface area contributed by atoms with Crippen LogP contribution in [0.1, 0.15) is 0 Å². The minimum atomic E-state index is 0. The molecule has 0 saturated carbocycles. The maximum Gasteiger partial charge on any atom is 2.00 e. The average Bonchev–Trinajstić information content (AvgIpc) is 3.45. The molecule has 0 bridgehead atoms. The average molecular weight is 588 g/mol. The maximum absolute atomic E-state index is 4.25. The summed E-state index contributed by atoms with van der Waals surface area (Å²) in [5.41, 5.74) is 3.32. The van der Waals surface area contributed by atoms with Gasteiger partial charge in [-0.2, -0.15) is 0 Å². The summed E-state index contributed by atoms with van der Waals surface area (Å²) in [4.78, 5) is 8.50. The molecule has 0 aliphatic carbocycles. The molecular formula is C22H16N8Pt+2. The van der Waals surface area contributed by atoms with Crippen LogP contribution in [0.5, 0.6) is 0 Å². The van der Waals surface area contributed by atoms with E-state index >= 15 is 0 Å². The zero-order chi connectivity index (χ0) is 20.2. The molecule has 0 N–H and O–H groups in total. The standard InChI is InChI=1S/2C11H8N4.Pt/c2*1-3-7-12-9(5-1)11-14-13-10-6-2-4-8-15(10)11;/h2*1-8H;/q;;+2. The van der Waals surface area contributed by atoms with E-state index < -0.39 is 0 Å². The first-order valence-electron chi connectivity index (χ1n) is 9.32. The van der Waals surface area contributed by atoms with Crippen molar-refractivity contribution in [3.05, 3.63) is 97.6 Å². The van der Waals surface area contributed by atoms with E-state index in [1.54, 1.807) is 12.4 Å². The molecule has 9 heteroatoms. The molecule has 6 aromatic heterocycles. The molecule has 0 aromatic carbocycles. The quantitative estimate of drug-likeness (QED) is 0.308. The predicted octanol–water partition coefficient (Wildman–Crippen LogP) is 3.58. The molecule has 0 amide bonds. The summed E-state index contributed by atoms with van der Waals surface area (Å²) in [6.45, 7) is 0. The Kier molecular flexibility index (Phi) is 6.19. The first-order chi connectivity index (χ1) is 14.9. The van der Waals surface area contributed by atoms with Crippen molar-refractivity contribution in [3.8, 4) is 23.0 Å². The molecule has 6 aromatic rings. The second-order valence-electron chi connectivity index (χ2n) is 6.33. The first kappa shape index (κ1) is 20.5. The monoisotopic (exact) mass is 587 g/mol. The number of hydrogen-bond donors (Lipinski definition) is 0. The van der Waals surface area contributed by atoms with Gasteiger partial charge in [0.2, 0.25) is 0 Å². The van der Waals surface area contributed by atoms with Gasteiger partial charge in [0.15, 0.2) is 22.9 Å². The van der Waals surface area contributed by atoms with Crippen LogP contribution in [0.25, 0.3) is 34.3 Å². The number of pyridine rings is 4. The van der Waals surface area contributed by atoms with E-state index in [2.05, 4.69) is 30.4 Å². The summed E-state index contributed by atoms with van der Waals surface area (Å²) >= 11 is 0. The van der Waals surface area contributed by atoms with E-state index in [-0.39, 0.29) is 21.1 Å². The molecule has 0 spiro atoms. The van der Waals surface area contributed by atoms with Gasteiger partial charge in [-0.3, -0.25) is 18.8 Å². The Hall–Kier alpha value is -3.77. The first-order valence-corrected chi connectivity index (χ1v) is 9.32. The fraction of sp³-hybridized carbons (Fsp3) is 0. The molecule has 0 aliphatic rings. The number of aromatic nitrogens is 8. The van der Waals surface area contributed by atoms with E-state index in [9.17, 15) is 0 Å². The number of rotatable bonds is 2. The summed E-state index contributed by atoms with van der Waals surface area (Å²) in [5.74, 6) is 1.54. The van der Waals surface area contributed by atoms with Crippen molar-refractivity contribution in [1.29, 1.82) is 0 Å². The number of hydrogen-bond acceptors (Lipinski definition) is 6. The maximum atomic E-state index is 4.25. The molecule has 0 fully saturated rings. The predicted molar refractivity (Wildman–Crippen MR) is 112 cm³/mol. The second-order valence-corrected chi connectivity index (χ2v) is 6.33. The van der Waals surface area contributed by atoms with Crippen molar-refractivity contribution in [2.45, 2.75) is 0 Å². The van der Waals surface area contributed by atoms with Crippen molar-refractivity contribution in [1.82, 2.24) is 39.2 Å². The van der Waals surface area contributed by atoms with E-state index in [0.717, 1.165) is 34.3 Å². The molecule has 0 saturated heterocycles. The van der Waals surface area contributed by atoms with E-state index in [4.69, 9.17) is 0 Å². The van der Waals surface area contributed by atoms with Crippen LogP contribution in [0.15, 0.2) is 97.6 Å². The van der Waals surface area contributed by atoms with Gasteiger partial charge in [0.25, 0.3) is 0 Å². The van der Waals surface area contributed by atoms with Crippen molar-refractivity contribution in [3.63, 3.8) is 0 Å². The Morgan fingerprint density at radius 1 is 0.484 bits per heavy atom. The number of fused-ring (bicyclic) bond motifs is 2. The summed E-state index contributed by atoms with van der Waals surface area (Å²) in [6, 6.07) is 23.1. The summed E-state index contributed by atoms with van der Waals surface area (Å²) in [5, 5.41) is 16.4. The van der Waals surface area contributed by atoms with Gasteiger partial charge in [-0.15, -0.1) is 20.4 Å². The molecule has 0 atom stereocenters. The second kappa shape index (κ2) is 9.36. The van der Waals surface area contributed by atoms with Gasteiger partial charge in [-0.1, -0.05) is 24.3 Å². The third kappa shape index (κ3) is 4.24. The van der Waals surface area contributed by atoms with Crippen LogP contribution < -0.4 is 0 Å². The molecule has 0 radical (unpaired) electrons. The molecule has 6 rings (SSSR count). The summed E-state index contributed by atoms with van der Waals surface area (Å²) < 4.78 is 3.84. The zero-order valence-electron chi connectivity index (χ0n) is 16.1. The van der Waals surface area contributed by atoms with Crippen LogP contribution in [0.4, 0.5) is 0 Å². The normalized spacial score (nSPS) is 10.3. The van der Waals surface area contributed by atoms with Gasteiger partial charge < -0.3 is 0 Å². The topological polar surface area (TPSA) is 86.2 Å². The van der Waals surface area contributed by atoms with Gasteiger partial charge in [0, 0.05) is 24.8 Å². The van der Waals surface area contributed by atoms with E-state index in [1.165, 1.54) is 0 Å². The molecule has 152 valence electrons. The van der Waals surface area contributed by atoms with E-state index in [1.807, 2.05) is 94.0 Å². The molecule has 0 unspecified atom stereocenters. The van der Waals surface area contributed by atoms with Crippen molar-refractivity contribution < 1.29 is 21.1 Å². The smallest absolute Gasteiger partial charge is 0.281 e. The van der Waals surface area contributed by atoms with Crippen molar-refractivity contribution in [2.24, 2.45) is 0 Å². The fourth-order valence-corrected chi connectivity index (χ4v) is 3.02. The van der Waals surface area contributed by atoms with Crippen LogP contribution in [-0.2, 0) is 21.1 Å². The molecule has 6 heterocycles. The minimum absolute atomic E-state index is 0. The zero-order valence-corrected chi connectivity index (χ0v) is 18.4. The third-order valence-corrected chi connectivity index (χ3v) is 4.42. The minimum Gasteiger partial charge on any atom is -0.281 e. The van der Waals surface area contributed by atoms with Crippen LogP contribution in [0, 0.1) is 0 Å². The summed E-state index contributed by atoms with van der Waals surface area (Å²) in [6.07, 6.45) is 7.36. The van der Waals surface area contributed by atoms with E-state index in [0.29, 0.717) is 0 Å². The van der Waals surface area contributed by atoms with Crippen molar-refractivity contribution in [2.75, 3.05) is 0 Å². The van der Waals surface area contributed by atoms with Crippen molar-refractivity contribution >= 4 is 11.3 Å². The summed E-state index contributed by atoms with van der Waals surface area (Å²) in [7, 11) is 0. The molecular weight excluding hydrogens is 571 g/mol. The fourth-order valence-electron chi connectivity index (χ4n) is 3.02. The van der Waals surface area contributed by atoms with Gasteiger partial charge >= 0.3 is 21.1 Å². The largest absolute Gasteiger partial charge is 2.00 e. The van der Waals surface area contributed by atoms with Gasteiger partial charge in [0.1, 0.15) is 11.4 Å². The van der Waals surface area contributed by atoms with Crippen LogP contribution in [0.3, 0.4) is 0 Å². The number of nitrogens with zero attached hydrogens (tertiary/aromatic N) is 8. The Morgan fingerprint density at radius 3 is 1.35 bits per heavy atom. The Balaban J connectivity index is 0.000000144. The molecule has 0 aliphatic heterocycles. The Morgan fingerprint density at radius 2 is 0.935 bits per heavy atom. The third-order valence-electron chi connectivity index (χ3n) is 4.42. The van der Waals surface area contributed by atoms with Crippen LogP contribution in [-0.4, -0.2) is 39.2 Å².